The van der Waals surface area contributed by atoms with Crippen LogP contribution in [-0.4, -0.2) is 71.8 Å². The molecule has 2 fully saturated rings. The van der Waals surface area contributed by atoms with Gasteiger partial charge in [-0.05, 0) is 45.6 Å². The van der Waals surface area contributed by atoms with Crippen molar-refractivity contribution in [2.24, 2.45) is 0 Å². The summed E-state index contributed by atoms with van der Waals surface area (Å²) in [5.74, 6) is -1.18. The molecule has 0 unspecified atom stereocenters. The van der Waals surface area contributed by atoms with Gasteiger partial charge in [0.2, 0.25) is 5.91 Å². The summed E-state index contributed by atoms with van der Waals surface area (Å²) in [6, 6.07) is 3.55. The zero-order valence-electron chi connectivity index (χ0n) is 14.0. The molecule has 24 heavy (non-hydrogen) atoms. The van der Waals surface area contributed by atoms with Gasteiger partial charge in [-0.1, -0.05) is 11.6 Å². The van der Waals surface area contributed by atoms with E-state index >= 15 is 0 Å². The van der Waals surface area contributed by atoms with E-state index in [1.54, 1.807) is 6.92 Å². The maximum Gasteiger partial charge on any atom is 0.257 e. The van der Waals surface area contributed by atoms with Gasteiger partial charge in [0, 0.05) is 24.2 Å². The molecule has 2 heterocycles. The van der Waals surface area contributed by atoms with Crippen LogP contribution >= 0.6 is 11.6 Å². The van der Waals surface area contributed by atoms with E-state index in [0.717, 1.165) is 6.42 Å². The number of piperazine rings is 1. The third-order valence-electron chi connectivity index (χ3n) is 5.06. The molecule has 0 bridgehead atoms. The smallest absolute Gasteiger partial charge is 0.257 e. The molecule has 2 amide bonds. The van der Waals surface area contributed by atoms with Crippen molar-refractivity contribution < 1.29 is 14.0 Å². The molecule has 2 saturated heterocycles. The van der Waals surface area contributed by atoms with E-state index in [1.165, 1.54) is 23.1 Å². The first kappa shape index (κ1) is 17.2. The van der Waals surface area contributed by atoms with Crippen LogP contribution in [0.4, 0.5) is 4.39 Å². The first-order valence-electron chi connectivity index (χ1n) is 8.02. The molecule has 0 N–H and O–H groups in total. The van der Waals surface area contributed by atoms with Gasteiger partial charge in [0.1, 0.15) is 11.9 Å². The van der Waals surface area contributed by atoms with Gasteiger partial charge in [-0.15, -0.1) is 0 Å². The van der Waals surface area contributed by atoms with E-state index in [0.29, 0.717) is 18.1 Å². The lowest BCUT2D eigenvalue weighted by Gasteiger charge is -2.41. The Hall–Kier alpha value is -1.66. The Bertz CT molecular complexity index is 682. The third-order valence-corrected chi connectivity index (χ3v) is 5.29. The number of rotatable bonds is 2. The lowest BCUT2D eigenvalue weighted by molar-refractivity contribution is -0.141. The van der Waals surface area contributed by atoms with E-state index in [2.05, 4.69) is 4.90 Å². The van der Waals surface area contributed by atoms with Crippen molar-refractivity contribution in [3.8, 4) is 0 Å². The van der Waals surface area contributed by atoms with E-state index < -0.39 is 17.8 Å². The summed E-state index contributed by atoms with van der Waals surface area (Å²) in [7, 11) is 3.97. The summed E-state index contributed by atoms with van der Waals surface area (Å²) >= 11 is 5.89. The maximum absolute atomic E-state index is 14.0. The summed E-state index contributed by atoms with van der Waals surface area (Å²) < 4.78 is 14.0. The van der Waals surface area contributed by atoms with Crippen LogP contribution in [-0.2, 0) is 4.79 Å². The summed E-state index contributed by atoms with van der Waals surface area (Å²) in [6.45, 7) is 2.79. The highest BCUT2D eigenvalue weighted by Crippen LogP contribution is 2.29. The molecule has 5 nitrogen and oxygen atoms in total. The van der Waals surface area contributed by atoms with Crippen molar-refractivity contribution in [2.75, 3.05) is 27.2 Å². The van der Waals surface area contributed by atoms with Crippen LogP contribution in [0.1, 0.15) is 23.7 Å². The zero-order chi connectivity index (χ0) is 17.6. The van der Waals surface area contributed by atoms with E-state index in [9.17, 15) is 14.0 Å². The second kappa shape index (κ2) is 6.33. The van der Waals surface area contributed by atoms with Gasteiger partial charge in [0.25, 0.3) is 5.91 Å². The fourth-order valence-electron chi connectivity index (χ4n) is 3.54. The number of hydrogen-bond donors (Lipinski definition) is 0. The number of nitrogens with zero attached hydrogens (tertiary/aromatic N) is 3. The molecule has 3 rings (SSSR count). The highest BCUT2D eigenvalue weighted by atomic mass is 35.5. The number of hydrogen-bond acceptors (Lipinski definition) is 3. The zero-order valence-corrected chi connectivity index (χ0v) is 14.8. The molecule has 2 aliphatic heterocycles. The monoisotopic (exact) mass is 353 g/mol. The van der Waals surface area contributed by atoms with Crippen LogP contribution in [0.25, 0.3) is 0 Å². The fourth-order valence-corrected chi connectivity index (χ4v) is 3.71. The summed E-state index contributed by atoms with van der Waals surface area (Å²) in [4.78, 5) is 30.9. The number of halogens is 2. The van der Waals surface area contributed by atoms with E-state index in [1.807, 2.05) is 19.0 Å². The number of amides is 2. The van der Waals surface area contributed by atoms with Crippen molar-refractivity contribution in [3.05, 3.63) is 34.6 Å². The number of fused-ring (bicyclic) bond motifs is 1. The molecule has 0 spiro atoms. The van der Waals surface area contributed by atoms with Gasteiger partial charge >= 0.3 is 0 Å². The molecular weight excluding hydrogens is 333 g/mol. The SMILES string of the molecule is C[C@H]1C(=O)N2C[C@@H](N(C)C)C[C@H]2CN1C(=O)c1cc(Cl)ccc1F. The molecule has 2 aliphatic rings. The van der Waals surface area contributed by atoms with E-state index in [-0.39, 0.29) is 23.6 Å². The number of carbonyl (C=O) groups excluding carboxylic acids is 2. The van der Waals surface area contributed by atoms with Gasteiger partial charge in [-0.3, -0.25) is 9.59 Å². The fraction of sp³-hybridized carbons (Fsp3) is 0.529. The minimum absolute atomic E-state index is 0.0210. The van der Waals surface area contributed by atoms with Crippen molar-refractivity contribution >= 4 is 23.4 Å². The molecular formula is C17H21ClFN3O2. The third kappa shape index (κ3) is 2.89. The molecule has 0 saturated carbocycles. The average Bonchev–Trinajstić information content (AvgIpc) is 2.97. The minimum Gasteiger partial charge on any atom is -0.335 e. The average molecular weight is 354 g/mol. The van der Waals surface area contributed by atoms with Gasteiger partial charge in [-0.2, -0.15) is 0 Å². The Labute approximate surface area is 146 Å². The molecule has 1 aromatic rings. The molecule has 1 aromatic carbocycles. The highest BCUT2D eigenvalue weighted by Gasteiger charge is 2.45. The van der Waals surface area contributed by atoms with Crippen LogP contribution in [0.5, 0.6) is 0 Å². The maximum atomic E-state index is 14.0. The molecule has 0 aliphatic carbocycles. The topological polar surface area (TPSA) is 43.9 Å². The van der Waals surface area contributed by atoms with Gasteiger partial charge in [0.15, 0.2) is 0 Å². The molecule has 130 valence electrons. The number of likely N-dealkylation sites (N-methyl/N-ethyl adjacent to an activating group) is 1. The summed E-state index contributed by atoms with van der Waals surface area (Å²) in [5, 5.41) is 0.297. The van der Waals surface area contributed by atoms with Crippen LogP contribution < -0.4 is 0 Å². The Morgan fingerprint density at radius 1 is 1.33 bits per heavy atom. The van der Waals surface area contributed by atoms with Crippen molar-refractivity contribution in [3.63, 3.8) is 0 Å². The predicted molar refractivity (Wildman–Crippen MR) is 89.5 cm³/mol. The van der Waals surface area contributed by atoms with Crippen LogP contribution in [0.3, 0.4) is 0 Å². The molecule has 3 atom stereocenters. The summed E-state index contributed by atoms with van der Waals surface area (Å²) in [6.07, 6.45) is 0.813. The van der Waals surface area contributed by atoms with Crippen LogP contribution in [0.2, 0.25) is 5.02 Å². The molecule has 0 aromatic heterocycles. The van der Waals surface area contributed by atoms with Gasteiger partial charge in [-0.25, -0.2) is 4.39 Å². The summed E-state index contributed by atoms with van der Waals surface area (Å²) in [5.41, 5.74) is -0.0854. The largest absolute Gasteiger partial charge is 0.335 e. The van der Waals surface area contributed by atoms with Crippen LogP contribution in [0.15, 0.2) is 18.2 Å². The highest BCUT2D eigenvalue weighted by molar-refractivity contribution is 6.31. The first-order valence-corrected chi connectivity index (χ1v) is 8.40. The lowest BCUT2D eigenvalue weighted by Crippen LogP contribution is -2.60. The van der Waals surface area contributed by atoms with Gasteiger partial charge < -0.3 is 14.7 Å². The van der Waals surface area contributed by atoms with Crippen molar-refractivity contribution in [2.45, 2.75) is 31.5 Å². The van der Waals surface area contributed by atoms with Crippen molar-refractivity contribution in [1.29, 1.82) is 0 Å². The standard InChI is InChI=1S/C17H21ClFN3O2/c1-10-16(23)22-8-12(20(2)3)7-13(22)9-21(10)17(24)14-6-11(18)4-5-15(14)19/h4-6,10,12-13H,7-9H2,1-3H3/t10-,12-,13-/m0/s1. The van der Waals surface area contributed by atoms with E-state index in [4.69, 9.17) is 11.6 Å². The van der Waals surface area contributed by atoms with Crippen molar-refractivity contribution in [1.82, 2.24) is 14.7 Å². The Morgan fingerprint density at radius 2 is 2.04 bits per heavy atom. The second-order valence-corrected chi connectivity index (χ2v) is 7.19. The lowest BCUT2D eigenvalue weighted by atomic mass is 10.0. The first-order chi connectivity index (χ1) is 11.3. The number of carbonyl (C=O) groups is 2. The second-order valence-electron chi connectivity index (χ2n) is 6.76. The Balaban J connectivity index is 1.85. The molecule has 7 heteroatoms. The van der Waals surface area contributed by atoms with Gasteiger partial charge in [0.05, 0.1) is 11.6 Å². The molecule has 0 radical (unpaired) electrons. The Morgan fingerprint density at radius 3 is 2.71 bits per heavy atom. The minimum atomic E-state index is -0.621. The quantitative estimate of drug-likeness (QED) is 0.815. The Kier molecular flexibility index (Phi) is 4.53. The normalized spacial score (nSPS) is 26.9. The van der Waals surface area contributed by atoms with Crippen LogP contribution in [0, 0.1) is 5.82 Å². The predicted octanol–water partition coefficient (Wildman–Crippen LogP) is 1.85. The number of benzene rings is 1.